The van der Waals surface area contributed by atoms with Gasteiger partial charge in [-0.15, -0.1) is 0 Å². The minimum absolute atomic E-state index is 0.0265. The third-order valence-electron chi connectivity index (χ3n) is 3.34. The molecule has 0 saturated heterocycles. The van der Waals surface area contributed by atoms with Gasteiger partial charge in [0.05, 0.1) is 6.10 Å². The van der Waals surface area contributed by atoms with Crippen LogP contribution in [0.25, 0.3) is 0 Å². The molecule has 1 rings (SSSR count). The number of carbonyl (C=O) groups is 1. The molecule has 0 aliphatic heterocycles. The number of nitrogens with zero attached hydrogens (tertiary/aromatic N) is 1. The molecule has 20 heavy (non-hydrogen) atoms. The van der Waals surface area contributed by atoms with Crippen LogP contribution in [0.2, 0.25) is 0 Å². The maximum atomic E-state index is 12.5. The molecule has 1 aromatic carbocycles. The highest BCUT2D eigenvalue weighted by molar-refractivity contribution is 5.94. The number of hydrogen-bond acceptors (Lipinski definition) is 2. The summed E-state index contributed by atoms with van der Waals surface area (Å²) in [4.78, 5) is 14.2. The van der Waals surface area contributed by atoms with E-state index in [-0.39, 0.29) is 17.4 Å². The van der Waals surface area contributed by atoms with Crippen molar-refractivity contribution in [2.24, 2.45) is 0 Å². The number of amides is 1. The van der Waals surface area contributed by atoms with Crippen molar-refractivity contribution >= 4 is 5.91 Å². The Bertz CT molecular complexity index is 441. The van der Waals surface area contributed by atoms with E-state index in [0.29, 0.717) is 12.1 Å². The molecule has 0 heterocycles. The molecule has 1 unspecified atom stereocenters. The zero-order valence-corrected chi connectivity index (χ0v) is 13.5. The van der Waals surface area contributed by atoms with Crippen molar-refractivity contribution in [3.05, 3.63) is 35.4 Å². The molecule has 0 spiro atoms. The molecule has 0 saturated carbocycles. The molecule has 1 amide bonds. The van der Waals surface area contributed by atoms with Crippen LogP contribution in [0.4, 0.5) is 0 Å². The number of rotatable bonds is 4. The van der Waals surface area contributed by atoms with Gasteiger partial charge < -0.3 is 10.0 Å². The van der Waals surface area contributed by atoms with Gasteiger partial charge in [-0.1, -0.05) is 32.9 Å². The molecule has 0 aliphatic rings. The Morgan fingerprint density at radius 3 is 2.00 bits per heavy atom. The van der Waals surface area contributed by atoms with E-state index in [2.05, 4.69) is 20.8 Å². The second kappa shape index (κ2) is 6.40. The first kappa shape index (κ1) is 16.7. The average molecular weight is 277 g/mol. The van der Waals surface area contributed by atoms with Crippen LogP contribution in [-0.2, 0) is 5.41 Å². The van der Waals surface area contributed by atoms with E-state index in [9.17, 15) is 9.90 Å². The normalized spacial score (nSPS) is 13.4. The third kappa shape index (κ3) is 4.34. The van der Waals surface area contributed by atoms with Gasteiger partial charge in [0.2, 0.25) is 0 Å². The fourth-order valence-electron chi connectivity index (χ4n) is 2.09. The van der Waals surface area contributed by atoms with Crippen molar-refractivity contribution in [2.45, 2.75) is 59.1 Å². The van der Waals surface area contributed by atoms with Crippen molar-refractivity contribution in [1.82, 2.24) is 4.90 Å². The summed E-state index contributed by atoms with van der Waals surface area (Å²) in [5.74, 6) is -0.0265. The van der Waals surface area contributed by atoms with Crippen LogP contribution in [0.1, 0.15) is 57.5 Å². The summed E-state index contributed by atoms with van der Waals surface area (Å²) >= 11 is 0. The van der Waals surface area contributed by atoms with Crippen LogP contribution in [0.3, 0.4) is 0 Å². The molecular formula is C17H27NO2. The molecule has 1 atom stereocenters. The van der Waals surface area contributed by atoms with Crippen LogP contribution < -0.4 is 0 Å². The molecule has 112 valence electrons. The summed E-state index contributed by atoms with van der Waals surface area (Å²) in [5.41, 5.74) is 1.96. The second-order valence-electron chi connectivity index (χ2n) is 6.73. The highest BCUT2D eigenvalue weighted by Gasteiger charge is 2.21. The molecule has 3 heteroatoms. The molecule has 0 fully saturated rings. The van der Waals surface area contributed by atoms with Crippen molar-refractivity contribution < 1.29 is 9.90 Å². The summed E-state index contributed by atoms with van der Waals surface area (Å²) < 4.78 is 0. The standard InChI is InChI=1S/C17H27NO2/c1-12(2)18(11-13(3)19)16(20)14-7-9-15(10-8-14)17(4,5)6/h7-10,12-13,19H,11H2,1-6H3. The Hall–Kier alpha value is -1.35. The SMILES string of the molecule is CC(O)CN(C(=O)c1ccc(C(C)(C)C)cc1)C(C)C. The van der Waals surface area contributed by atoms with Gasteiger partial charge in [-0.25, -0.2) is 0 Å². The fourth-order valence-corrected chi connectivity index (χ4v) is 2.09. The summed E-state index contributed by atoms with van der Waals surface area (Å²) in [7, 11) is 0. The summed E-state index contributed by atoms with van der Waals surface area (Å²) in [6.45, 7) is 12.4. The van der Waals surface area contributed by atoms with Crippen molar-refractivity contribution in [2.75, 3.05) is 6.54 Å². The van der Waals surface area contributed by atoms with E-state index in [1.54, 1.807) is 11.8 Å². The van der Waals surface area contributed by atoms with Gasteiger partial charge in [-0.3, -0.25) is 4.79 Å². The van der Waals surface area contributed by atoms with Gasteiger partial charge in [-0.2, -0.15) is 0 Å². The Morgan fingerprint density at radius 1 is 1.15 bits per heavy atom. The lowest BCUT2D eigenvalue weighted by atomic mass is 9.86. The highest BCUT2D eigenvalue weighted by Crippen LogP contribution is 2.22. The lowest BCUT2D eigenvalue weighted by Gasteiger charge is -2.28. The molecule has 1 aromatic rings. The molecule has 0 aliphatic carbocycles. The quantitative estimate of drug-likeness (QED) is 0.918. The Balaban J connectivity index is 2.95. The maximum absolute atomic E-state index is 12.5. The predicted octanol–water partition coefficient (Wildman–Crippen LogP) is 3.22. The Kier molecular flexibility index (Phi) is 5.35. The lowest BCUT2D eigenvalue weighted by molar-refractivity contribution is 0.0579. The van der Waals surface area contributed by atoms with Crippen LogP contribution >= 0.6 is 0 Å². The molecule has 0 radical (unpaired) electrons. The topological polar surface area (TPSA) is 40.5 Å². The van der Waals surface area contributed by atoms with E-state index < -0.39 is 6.10 Å². The average Bonchev–Trinajstić information content (AvgIpc) is 2.33. The number of carbonyl (C=O) groups excluding carboxylic acids is 1. The van der Waals surface area contributed by atoms with E-state index in [4.69, 9.17) is 0 Å². The van der Waals surface area contributed by atoms with Crippen molar-refractivity contribution in [3.8, 4) is 0 Å². The van der Waals surface area contributed by atoms with E-state index in [1.807, 2.05) is 38.1 Å². The smallest absolute Gasteiger partial charge is 0.254 e. The van der Waals surface area contributed by atoms with Crippen LogP contribution in [0.5, 0.6) is 0 Å². The largest absolute Gasteiger partial charge is 0.392 e. The van der Waals surface area contributed by atoms with E-state index >= 15 is 0 Å². The van der Waals surface area contributed by atoms with Gasteiger partial charge in [-0.05, 0) is 43.9 Å². The highest BCUT2D eigenvalue weighted by atomic mass is 16.3. The predicted molar refractivity (Wildman–Crippen MR) is 83.0 cm³/mol. The minimum atomic E-state index is -0.518. The summed E-state index contributed by atoms with van der Waals surface area (Å²) in [5, 5.41) is 9.52. The van der Waals surface area contributed by atoms with Gasteiger partial charge in [0.25, 0.3) is 5.91 Å². The first-order chi connectivity index (χ1) is 9.12. The maximum Gasteiger partial charge on any atom is 0.254 e. The van der Waals surface area contributed by atoms with Gasteiger partial charge in [0, 0.05) is 18.2 Å². The molecule has 0 aromatic heterocycles. The first-order valence-electron chi connectivity index (χ1n) is 7.22. The van der Waals surface area contributed by atoms with Crippen LogP contribution in [-0.4, -0.2) is 34.6 Å². The number of benzene rings is 1. The zero-order chi connectivity index (χ0) is 15.5. The zero-order valence-electron chi connectivity index (χ0n) is 13.5. The van der Waals surface area contributed by atoms with Crippen molar-refractivity contribution in [1.29, 1.82) is 0 Å². The first-order valence-corrected chi connectivity index (χ1v) is 7.22. The Morgan fingerprint density at radius 2 is 1.65 bits per heavy atom. The minimum Gasteiger partial charge on any atom is -0.392 e. The Labute approximate surface area is 122 Å². The van der Waals surface area contributed by atoms with Crippen LogP contribution in [0, 0.1) is 0 Å². The van der Waals surface area contributed by atoms with Gasteiger partial charge in [0.1, 0.15) is 0 Å². The van der Waals surface area contributed by atoms with E-state index in [1.165, 1.54) is 5.56 Å². The van der Waals surface area contributed by atoms with Gasteiger partial charge >= 0.3 is 0 Å². The number of aliphatic hydroxyl groups excluding tert-OH is 1. The molecular weight excluding hydrogens is 250 g/mol. The monoisotopic (exact) mass is 277 g/mol. The third-order valence-corrected chi connectivity index (χ3v) is 3.34. The van der Waals surface area contributed by atoms with E-state index in [0.717, 1.165) is 0 Å². The molecule has 3 nitrogen and oxygen atoms in total. The van der Waals surface area contributed by atoms with Crippen LogP contribution in [0.15, 0.2) is 24.3 Å². The van der Waals surface area contributed by atoms with Crippen molar-refractivity contribution in [3.63, 3.8) is 0 Å². The second-order valence-corrected chi connectivity index (χ2v) is 6.73. The summed E-state index contributed by atoms with van der Waals surface area (Å²) in [6, 6.07) is 7.84. The fraction of sp³-hybridized carbons (Fsp3) is 0.588. The van der Waals surface area contributed by atoms with Gasteiger partial charge in [0.15, 0.2) is 0 Å². The molecule has 0 bridgehead atoms. The number of hydrogen-bond donors (Lipinski definition) is 1. The molecule has 1 N–H and O–H groups in total. The number of aliphatic hydroxyl groups is 1. The summed E-state index contributed by atoms with van der Waals surface area (Å²) in [6.07, 6.45) is -0.518. The lowest BCUT2D eigenvalue weighted by Crippen LogP contribution is -2.41.